The fraction of sp³-hybridized carbons (Fsp3) is 0.400. The van der Waals surface area contributed by atoms with Gasteiger partial charge in [0.15, 0.2) is 0 Å². The van der Waals surface area contributed by atoms with E-state index < -0.39 is 0 Å². The van der Waals surface area contributed by atoms with E-state index in [1.165, 1.54) is 9.75 Å². The van der Waals surface area contributed by atoms with Gasteiger partial charge >= 0.3 is 0 Å². The fourth-order valence-electron chi connectivity index (χ4n) is 1.33. The molecule has 0 amide bonds. The van der Waals surface area contributed by atoms with Gasteiger partial charge in [-0.15, -0.1) is 16.4 Å². The molecule has 3 nitrogen and oxygen atoms in total. The molecule has 0 N–H and O–H groups in total. The van der Waals surface area contributed by atoms with Gasteiger partial charge in [0.2, 0.25) is 0 Å². The first-order chi connectivity index (χ1) is 7.31. The van der Waals surface area contributed by atoms with Gasteiger partial charge in [-0.1, -0.05) is 28.1 Å². The van der Waals surface area contributed by atoms with E-state index in [9.17, 15) is 0 Å². The average molecular weight is 286 g/mol. The van der Waals surface area contributed by atoms with E-state index in [1.54, 1.807) is 0 Å². The summed E-state index contributed by atoms with van der Waals surface area (Å²) in [5, 5.41) is 8.85. The Morgan fingerprint density at radius 1 is 1.40 bits per heavy atom. The maximum atomic E-state index is 4.06. The molecule has 0 aromatic carbocycles. The van der Waals surface area contributed by atoms with Crippen molar-refractivity contribution in [2.75, 3.05) is 0 Å². The van der Waals surface area contributed by atoms with Crippen molar-refractivity contribution in [2.24, 2.45) is 0 Å². The highest BCUT2D eigenvalue weighted by atomic mass is 79.9. The van der Waals surface area contributed by atoms with Gasteiger partial charge in [0, 0.05) is 21.3 Å². The summed E-state index contributed by atoms with van der Waals surface area (Å²) in [6, 6.07) is 4.35. The van der Waals surface area contributed by atoms with Crippen molar-refractivity contribution >= 4 is 27.3 Å². The Morgan fingerprint density at radius 2 is 2.20 bits per heavy atom. The molecule has 15 heavy (non-hydrogen) atoms. The summed E-state index contributed by atoms with van der Waals surface area (Å²) in [5.41, 5.74) is 0.974. The minimum atomic E-state index is 0.762. The van der Waals surface area contributed by atoms with E-state index >= 15 is 0 Å². The molecular formula is C10H12BrN3S. The molecule has 0 spiro atoms. The third kappa shape index (κ3) is 2.66. The molecule has 0 saturated carbocycles. The number of aromatic nitrogens is 3. The van der Waals surface area contributed by atoms with Gasteiger partial charge in [0.05, 0.1) is 12.2 Å². The first kappa shape index (κ1) is 10.8. The molecule has 0 aliphatic rings. The second-order valence-electron chi connectivity index (χ2n) is 3.26. The largest absolute Gasteiger partial charge is 0.247 e. The van der Waals surface area contributed by atoms with E-state index in [2.05, 4.69) is 45.3 Å². The van der Waals surface area contributed by atoms with Gasteiger partial charge in [0.25, 0.3) is 0 Å². The Morgan fingerprint density at radius 3 is 2.80 bits per heavy atom. The maximum absolute atomic E-state index is 4.06. The molecule has 0 unspecified atom stereocenters. The monoisotopic (exact) mass is 285 g/mol. The van der Waals surface area contributed by atoms with Crippen LogP contribution in [0.5, 0.6) is 0 Å². The van der Waals surface area contributed by atoms with Crippen molar-refractivity contribution < 1.29 is 0 Å². The number of hydrogen-bond donors (Lipinski definition) is 0. The SMILES string of the molecule is CCc1ccc(Cn2cc(CBr)nn2)s1. The van der Waals surface area contributed by atoms with Crippen LogP contribution in [0.3, 0.4) is 0 Å². The highest BCUT2D eigenvalue weighted by Gasteiger charge is 2.02. The Labute approximate surface area is 101 Å². The second kappa shape index (κ2) is 4.90. The lowest BCUT2D eigenvalue weighted by Crippen LogP contribution is -1.98. The van der Waals surface area contributed by atoms with Crippen LogP contribution >= 0.6 is 27.3 Å². The normalized spacial score (nSPS) is 10.8. The van der Waals surface area contributed by atoms with E-state index in [0.29, 0.717) is 0 Å². The molecule has 2 rings (SSSR count). The molecule has 0 aliphatic heterocycles. The lowest BCUT2D eigenvalue weighted by atomic mass is 10.4. The molecule has 5 heteroatoms. The predicted octanol–water partition coefficient (Wildman–Crippen LogP) is 2.85. The van der Waals surface area contributed by atoms with Crippen molar-refractivity contribution in [3.63, 3.8) is 0 Å². The lowest BCUT2D eigenvalue weighted by molar-refractivity contribution is 0.655. The summed E-state index contributed by atoms with van der Waals surface area (Å²) in [5.74, 6) is 0. The zero-order valence-electron chi connectivity index (χ0n) is 8.48. The Bertz CT molecular complexity index is 395. The highest BCUT2D eigenvalue weighted by molar-refractivity contribution is 9.08. The number of halogens is 1. The van der Waals surface area contributed by atoms with Gasteiger partial charge in [-0.3, -0.25) is 0 Å². The summed E-state index contributed by atoms with van der Waals surface area (Å²) in [6.07, 6.45) is 3.08. The number of alkyl halides is 1. The van der Waals surface area contributed by atoms with Gasteiger partial charge in [0.1, 0.15) is 0 Å². The van der Waals surface area contributed by atoms with Crippen LogP contribution in [0.4, 0.5) is 0 Å². The maximum Gasteiger partial charge on any atom is 0.0932 e. The van der Waals surface area contributed by atoms with E-state index in [1.807, 2.05) is 22.2 Å². The number of hydrogen-bond acceptors (Lipinski definition) is 3. The Balaban J connectivity index is 2.07. The van der Waals surface area contributed by atoms with Crippen molar-refractivity contribution in [2.45, 2.75) is 25.2 Å². The van der Waals surface area contributed by atoms with Crippen molar-refractivity contribution in [1.29, 1.82) is 0 Å². The molecule has 0 fully saturated rings. The van der Waals surface area contributed by atoms with Crippen molar-refractivity contribution in [3.8, 4) is 0 Å². The first-order valence-corrected chi connectivity index (χ1v) is 6.78. The fourth-order valence-corrected chi connectivity index (χ4v) is 2.54. The molecular weight excluding hydrogens is 274 g/mol. The minimum absolute atomic E-state index is 0.762. The van der Waals surface area contributed by atoms with Crippen LogP contribution in [0.25, 0.3) is 0 Å². The van der Waals surface area contributed by atoms with Crippen LogP contribution < -0.4 is 0 Å². The summed E-state index contributed by atoms with van der Waals surface area (Å²) >= 11 is 5.20. The quantitative estimate of drug-likeness (QED) is 0.809. The summed E-state index contributed by atoms with van der Waals surface area (Å²) in [4.78, 5) is 2.75. The summed E-state index contributed by atoms with van der Waals surface area (Å²) in [7, 11) is 0. The second-order valence-corrected chi connectivity index (χ2v) is 5.08. The molecule has 2 heterocycles. The molecule has 0 atom stereocenters. The zero-order valence-corrected chi connectivity index (χ0v) is 10.9. The van der Waals surface area contributed by atoms with E-state index in [-0.39, 0.29) is 0 Å². The first-order valence-electron chi connectivity index (χ1n) is 4.84. The van der Waals surface area contributed by atoms with Crippen LogP contribution in [0.2, 0.25) is 0 Å². The number of aryl methyl sites for hydroxylation is 1. The average Bonchev–Trinajstić information content (AvgIpc) is 2.87. The van der Waals surface area contributed by atoms with Gasteiger partial charge in [-0.25, -0.2) is 4.68 Å². The number of thiophene rings is 1. The zero-order chi connectivity index (χ0) is 10.7. The molecule has 2 aromatic rings. The molecule has 0 bridgehead atoms. The highest BCUT2D eigenvalue weighted by Crippen LogP contribution is 2.17. The molecule has 2 aromatic heterocycles. The number of nitrogens with zero attached hydrogens (tertiary/aromatic N) is 3. The topological polar surface area (TPSA) is 30.7 Å². The van der Waals surface area contributed by atoms with Gasteiger partial charge < -0.3 is 0 Å². The van der Waals surface area contributed by atoms with Crippen LogP contribution in [-0.2, 0) is 18.3 Å². The standard InChI is InChI=1S/C10H12BrN3S/c1-2-9-3-4-10(15-9)7-14-6-8(5-11)12-13-14/h3-4,6H,2,5,7H2,1H3. The van der Waals surface area contributed by atoms with Crippen molar-refractivity contribution in [1.82, 2.24) is 15.0 Å². The van der Waals surface area contributed by atoms with Crippen LogP contribution in [-0.4, -0.2) is 15.0 Å². The molecule has 0 saturated heterocycles. The Kier molecular flexibility index (Phi) is 3.53. The predicted molar refractivity (Wildman–Crippen MR) is 65.5 cm³/mol. The van der Waals surface area contributed by atoms with E-state index in [0.717, 1.165) is 24.0 Å². The van der Waals surface area contributed by atoms with Gasteiger partial charge in [-0.05, 0) is 18.6 Å². The summed E-state index contributed by atoms with van der Waals surface area (Å²) < 4.78 is 1.88. The van der Waals surface area contributed by atoms with Crippen LogP contribution in [0.1, 0.15) is 22.4 Å². The van der Waals surface area contributed by atoms with Crippen LogP contribution in [0.15, 0.2) is 18.3 Å². The van der Waals surface area contributed by atoms with Crippen LogP contribution in [0, 0.1) is 0 Å². The third-order valence-corrected chi connectivity index (χ3v) is 3.90. The smallest absolute Gasteiger partial charge is 0.0932 e. The van der Waals surface area contributed by atoms with Gasteiger partial charge in [-0.2, -0.15) is 0 Å². The molecule has 0 aliphatic carbocycles. The number of rotatable bonds is 4. The molecule has 80 valence electrons. The summed E-state index contributed by atoms with van der Waals surface area (Å²) in [6.45, 7) is 3.00. The van der Waals surface area contributed by atoms with E-state index in [4.69, 9.17) is 0 Å². The van der Waals surface area contributed by atoms with Crippen molar-refractivity contribution in [3.05, 3.63) is 33.8 Å². The minimum Gasteiger partial charge on any atom is -0.247 e. The molecule has 0 radical (unpaired) electrons. The Hall–Kier alpha value is -0.680. The lowest BCUT2D eigenvalue weighted by Gasteiger charge is -1.95. The third-order valence-electron chi connectivity index (χ3n) is 2.11.